The molecule has 4 aromatic rings. The number of rotatable bonds is 6. The molecule has 0 aliphatic carbocycles. The highest BCUT2D eigenvalue weighted by atomic mass is 15.4. The zero-order valence-electron chi connectivity index (χ0n) is 17.4. The van der Waals surface area contributed by atoms with Crippen molar-refractivity contribution in [2.45, 2.75) is 19.0 Å². The van der Waals surface area contributed by atoms with E-state index in [9.17, 15) is 0 Å². The van der Waals surface area contributed by atoms with Crippen LogP contribution in [0.4, 0.5) is 11.9 Å². The van der Waals surface area contributed by atoms with Gasteiger partial charge in [0, 0.05) is 37.1 Å². The summed E-state index contributed by atoms with van der Waals surface area (Å²) < 4.78 is 1.64. The number of aromatic nitrogens is 5. The molecule has 0 saturated carbocycles. The Morgan fingerprint density at radius 2 is 2.00 bits per heavy atom. The van der Waals surface area contributed by atoms with E-state index in [1.165, 1.54) is 0 Å². The molecule has 1 atom stereocenters. The number of benzene rings is 1. The average Bonchev–Trinajstić information content (AvgIpc) is 3.38. The topological polar surface area (TPSA) is 83.3 Å². The molecular formula is C22H23BN8. The zero-order valence-corrected chi connectivity index (χ0v) is 17.4. The van der Waals surface area contributed by atoms with Crippen LogP contribution in [-0.4, -0.2) is 63.5 Å². The Kier molecular flexibility index (Phi) is 5.25. The van der Waals surface area contributed by atoms with Crippen LogP contribution in [0.5, 0.6) is 0 Å². The molecular weight excluding hydrogens is 387 g/mol. The summed E-state index contributed by atoms with van der Waals surface area (Å²) in [5.74, 6) is 1.16. The van der Waals surface area contributed by atoms with Crippen LogP contribution in [0, 0.1) is 0 Å². The SMILES string of the molecule is [B]c1cnn2c(NCc3ccc(-c4ccccn4)cc3)nc(NC3CCN(C)C3)nc12. The van der Waals surface area contributed by atoms with Gasteiger partial charge in [0.2, 0.25) is 11.9 Å². The third-order valence-corrected chi connectivity index (χ3v) is 5.49. The van der Waals surface area contributed by atoms with Crippen molar-refractivity contribution in [2.75, 3.05) is 30.8 Å². The standard InChI is InChI=1S/C22H23BN8/c1-30-11-9-17(14-30)27-21-28-20-18(23)13-26-31(20)22(29-21)25-12-15-5-7-16(8-6-15)19-4-2-3-10-24-19/h2-8,10,13,17H,9,11-12,14H2,1H3,(H2,25,27,28,29). The number of likely N-dealkylation sites (tertiary alicyclic amines) is 1. The predicted octanol–water partition coefficient (Wildman–Crippen LogP) is 1.71. The van der Waals surface area contributed by atoms with Crippen molar-refractivity contribution in [3.05, 3.63) is 60.4 Å². The molecule has 8 nitrogen and oxygen atoms in total. The molecule has 1 aliphatic rings. The number of pyridine rings is 1. The van der Waals surface area contributed by atoms with Crippen LogP contribution in [0.1, 0.15) is 12.0 Å². The molecule has 1 fully saturated rings. The molecule has 2 N–H and O–H groups in total. The summed E-state index contributed by atoms with van der Waals surface area (Å²) in [5, 5.41) is 11.1. The second kappa shape index (κ2) is 8.35. The molecule has 0 spiro atoms. The van der Waals surface area contributed by atoms with Crippen LogP contribution in [0.2, 0.25) is 0 Å². The summed E-state index contributed by atoms with van der Waals surface area (Å²) >= 11 is 0. The quantitative estimate of drug-likeness (QED) is 0.469. The fourth-order valence-electron chi connectivity index (χ4n) is 3.82. The minimum atomic E-state index is 0.323. The molecule has 2 radical (unpaired) electrons. The van der Waals surface area contributed by atoms with Crippen LogP contribution >= 0.6 is 0 Å². The number of nitrogens with zero attached hydrogens (tertiary/aromatic N) is 6. The van der Waals surface area contributed by atoms with E-state index in [2.05, 4.69) is 66.9 Å². The number of hydrogen-bond donors (Lipinski definition) is 2. The monoisotopic (exact) mass is 410 g/mol. The van der Waals surface area contributed by atoms with Crippen molar-refractivity contribution < 1.29 is 0 Å². The lowest BCUT2D eigenvalue weighted by atomic mass is 10.0. The van der Waals surface area contributed by atoms with Gasteiger partial charge in [0.25, 0.3) is 0 Å². The van der Waals surface area contributed by atoms with Gasteiger partial charge in [0.1, 0.15) is 7.85 Å². The first-order chi connectivity index (χ1) is 15.2. The summed E-state index contributed by atoms with van der Waals surface area (Å²) in [6, 6.07) is 14.5. The van der Waals surface area contributed by atoms with Crippen LogP contribution < -0.4 is 16.1 Å². The van der Waals surface area contributed by atoms with Gasteiger partial charge in [0.15, 0.2) is 5.65 Å². The first-order valence-corrected chi connectivity index (χ1v) is 10.4. The molecule has 3 aromatic heterocycles. The normalized spacial score (nSPS) is 16.6. The van der Waals surface area contributed by atoms with Gasteiger partial charge in [-0.2, -0.15) is 19.6 Å². The minimum Gasteiger partial charge on any atom is -0.350 e. The number of hydrogen-bond acceptors (Lipinski definition) is 7. The highest BCUT2D eigenvalue weighted by Gasteiger charge is 2.21. The third-order valence-electron chi connectivity index (χ3n) is 5.49. The molecule has 1 saturated heterocycles. The maximum absolute atomic E-state index is 6.08. The fourth-order valence-corrected chi connectivity index (χ4v) is 3.82. The molecule has 1 unspecified atom stereocenters. The smallest absolute Gasteiger partial charge is 0.229 e. The highest BCUT2D eigenvalue weighted by Crippen LogP contribution is 2.18. The number of anilines is 2. The molecule has 1 aromatic carbocycles. The highest BCUT2D eigenvalue weighted by molar-refractivity contribution is 6.36. The van der Waals surface area contributed by atoms with Crippen molar-refractivity contribution in [3.8, 4) is 11.3 Å². The van der Waals surface area contributed by atoms with Gasteiger partial charge >= 0.3 is 0 Å². The van der Waals surface area contributed by atoms with Crippen molar-refractivity contribution in [1.82, 2.24) is 29.5 Å². The van der Waals surface area contributed by atoms with E-state index in [4.69, 9.17) is 7.85 Å². The maximum Gasteiger partial charge on any atom is 0.229 e. The molecule has 5 rings (SSSR count). The van der Waals surface area contributed by atoms with Gasteiger partial charge in [-0.05, 0) is 43.2 Å². The van der Waals surface area contributed by atoms with Crippen LogP contribution in [0.15, 0.2) is 54.9 Å². The summed E-state index contributed by atoms with van der Waals surface area (Å²) in [7, 11) is 8.20. The summed E-state index contributed by atoms with van der Waals surface area (Å²) in [6.45, 7) is 2.63. The summed E-state index contributed by atoms with van der Waals surface area (Å²) in [6.07, 6.45) is 4.46. The Bertz CT molecular complexity index is 1180. The fraction of sp³-hybridized carbons (Fsp3) is 0.273. The summed E-state index contributed by atoms with van der Waals surface area (Å²) in [5.41, 5.74) is 4.29. The van der Waals surface area contributed by atoms with Gasteiger partial charge in [-0.15, -0.1) is 0 Å². The Morgan fingerprint density at radius 1 is 1.13 bits per heavy atom. The lowest BCUT2D eigenvalue weighted by molar-refractivity contribution is 0.414. The molecule has 9 heteroatoms. The Balaban J connectivity index is 1.34. The molecule has 154 valence electrons. The van der Waals surface area contributed by atoms with Gasteiger partial charge < -0.3 is 15.5 Å². The maximum atomic E-state index is 6.08. The Hall–Kier alpha value is -3.46. The van der Waals surface area contributed by atoms with E-state index < -0.39 is 0 Å². The van der Waals surface area contributed by atoms with Crippen LogP contribution in [0.3, 0.4) is 0 Å². The largest absolute Gasteiger partial charge is 0.350 e. The molecule has 0 amide bonds. The van der Waals surface area contributed by atoms with E-state index in [-0.39, 0.29) is 0 Å². The second-order valence-corrected chi connectivity index (χ2v) is 7.86. The number of likely N-dealkylation sites (N-methyl/N-ethyl adjacent to an activating group) is 1. The minimum absolute atomic E-state index is 0.323. The lowest BCUT2D eigenvalue weighted by Crippen LogP contribution is -2.25. The molecule has 31 heavy (non-hydrogen) atoms. The second-order valence-electron chi connectivity index (χ2n) is 7.86. The first-order valence-electron chi connectivity index (χ1n) is 10.4. The first kappa shape index (κ1) is 19.5. The van der Waals surface area contributed by atoms with E-state index in [1.807, 2.05) is 18.2 Å². The van der Waals surface area contributed by atoms with E-state index in [1.54, 1.807) is 16.9 Å². The molecule has 0 bridgehead atoms. The number of fused-ring (bicyclic) bond motifs is 1. The van der Waals surface area contributed by atoms with Gasteiger partial charge in [-0.1, -0.05) is 30.3 Å². The summed E-state index contributed by atoms with van der Waals surface area (Å²) in [4.78, 5) is 15.9. The molecule has 1 aliphatic heterocycles. The van der Waals surface area contributed by atoms with Crippen molar-refractivity contribution in [3.63, 3.8) is 0 Å². The van der Waals surface area contributed by atoms with Crippen LogP contribution in [0.25, 0.3) is 16.9 Å². The van der Waals surface area contributed by atoms with E-state index in [0.717, 1.165) is 36.3 Å². The van der Waals surface area contributed by atoms with Crippen molar-refractivity contribution in [2.24, 2.45) is 0 Å². The third kappa shape index (κ3) is 4.22. The Labute approximate surface area is 182 Å². The van der Waals surface area contributed by atoms with Crippen molar-refractivity contribution >= 4 is 30.9 Å². The van der Waals surface area contributed by atoms with E-state index in [0.29, 0.717) is 35.6 Å². The average molecular weight is 410 g/mol. The number of nitrogens with one attached hydrogen (secondary N) is 2. The lowest BCUT2D eigenvalue weighted by Gasteiger charge is -2.15. The van der Waals surface area contributed by atoms with Gasteiger partial charge in [-0.25, -0.2) is 0 Å². The van der Waals surface area contributed by atoms with E-state index >= 15 is 0 Å². The molecule has 4 heterocycles. The van der Waals surface area contributed by atoms with Crippen molar-refractivity contribution in [1.29, 1.82) is 0 Å². The zero-order chi connectivity index (χ0) is 21.2. The van der Waals surface area contributed by atoms with Gasteiger partial charge in [-0.3, -0.25) is 4.98 Å². The van der Waals surface area contributed by atoms with Gasteiger partial charge in [0.05, 0.1) is 5.69 Å². The predicted molar refractivity (Wildman–Crippen MR) is 123 cm³/mol. The Morgan fingerprint density at radius 3 is 2.74 bits per heavy atom. The van der Waals surface area contributed by atoms with Crippen LogP contribution in [-0.2, 0) is 6.54 Å².